The number of hydrogen-bond donors (Lipinski definition) is 3. The monoisotopic (exact) mass is 256 g/mol. The van der Waals surface area contributed by atoms with Gasteiger partial charge in [-0.25, -0.2) is 4.79 Å². The number of aliphatic hydroxyl groups excluding tert-OH is 1. The maximum atomic E-state index is 12.3. The van der Waals surface area contributed by atoms with Crippen LogP contribution in [0, 0.1) is 5.92 Å². The third-order valence-corrected chi connectivity index (χ3v) is 3.84. The molecule has 6 heteroatoms. The van der Waals surface area contributed by atoms with Gasteiger partial charge in [0.15, 0.2) is 0 Å². The number of rotatable bonds is 2. The van der Waals surface area contributed by atoms with Crippen LogP contribution in [-0.4, -0.2) is 58.3 Å². The summed E-state index contributed by atoms with van der Waals surface area (Å²) in [6.07, 6.45) is 1.21. The highest BCUT2D eigenvalue weighted by Crippen LogP contribution is 2.24. The Morgan fingerprint density at radius 3 is 2.61 bits per heavy atom. The van der Waals surface area contributed by atoms with Crippen LogP contribution in [0.15, 0.2) is 0 Å². The van der Waals surface area contributed by atoms with E-state index in [0.717, 1.165) is 6.42 Å². The molecule has 2 aliphatic heterocycles. The molecule has 18 heavy (non-hydrogen) atoms. The third-order valence-electron chi connectivity index (χ3n) is 3.84. The Balaban J connectivity index is 2.05. The third kappa shape index (κ3) is 2.64. The van der Waals surface area contributed by atoms with Gasteiger partial charge in [-0.05, 0) is 25.2 Å². The molecule has 4 atom stereocenters. The molecule has 2 saturated heterocycles. The molecule has 0 aromatic rings. The average Bonchev–Trinajstić information content (AvgIpc) is 2.75. The predicted octanol–water partition coefficient (Wildman–Crippen LogP) is -0.579. The number of carbonyl (C=O) groups is 2. The van der Waals surface area contributed by atoms with E-state index in [1.165, 1.54) is 4.90 Å². The highest BCUT2D eigenvalue weighted by molar-refractivity contribution is 5.87. The van der Waals surface area contributed by atoms with Crippen molar-refractivity contribution in [2.45, 2.75) is 44.4 Å². The van der Waals surface area contributed by atoms with Gasteiger partial charge in [-0.15, -0.1) is 0 Å². The number of hydrogen-bond acceptors (Lipinski definition) is 4. The standard InChI is InChI=1S/C12H20N2O4/c1-7-2-3-14(10(4-7)12(17)18)11(16)9-5-8(15)6-13-9/h7-10,13,15H,2-6H2,1H3,(H,17,18). The maximum absolute atomic E-state index is 12.3. The van der Waals surface area contributed by atoms with E-state index in [1.807, 2.05) is 6.92 Å². The lowest BCUT2D eigenvalue weighted by Crippen LogP contribution is -2.54. The van der Waals surface area contributed by atoms with Crippen molar-refractivity contribution in [3.63, 3.8) is 0 Å². The van der Waals surface area contributed by atoms with Crippen LogP contribution in [0.2, 0.25) is 0 Å². The van der Waals surface area contributed by atoms with Crippen LogP contribution < -0.4 is 5.32 Å². The molecule has 2 rings (SSSR count). The first-order chi connectivity index (χ1) is 8.49. The quantitative estimate of drug-likeness (QED) is 0.615. The van der Waals surface area contributed by atoms with Gasteiger partial charge in [0.2, 0.25) is 5.91 Å². The molecule has 3 N–H and O–H groups in total. The van der Waals surface area contributed by atoms with Crippen molar-refractivity contribution in [2.24, 2.45) is 5.92 Å². The lowest BCUT2D eigenvalue weighted by molar-refractivity contribution is -0.153. The molecule has 4 unspecified atom stereocenters. The summed E-state index contributed by atoms with van der Waals surface area (Å²) < 4.78 is 0. The van der Waals surface area contributed by atoms with Crippen LogP contribution in [0.25, 0.3) is 0 Å². The summed E-state index contributed by atoms with van der Waals surface area (Å²) in [4.78, 5) is 24.9. The summed E-state index contributed by atoms with van der Waals surface area (Å²) in [5, 5.41) is 21.6. The minimum Gasteiger partial charge on any atom is -0.480 e. The summed E-state index contributed by atoms with van der Waals surface area (Å²) >= 11 is 0. The molecule has 0 aliphatic carbocycles. The molecule has 2 heterocycles. The number of β-amino-alcohol motifs (C(OH)–C–C–N with tert-alkyl or cyclic N) is 1. The zero-order valence-electron chi connectivity index (χ0n) is 10.5. The normalized spacial score (nSPS) is 36.7. The van der Waals surface area contributed by atoms with E-state index >= 15 is 0 Å². The van der Waals surface area contributed by atoms with Gasteiger partial charge in [0, 0.05) is 13.1 Å². The second kappa shape index (κ2) is 5.24. The van der Waals surface area contributed by atoms with Crippen molar-refractivity contribution in [1.82, 2.24) is 10.2 Å². The summed E-state index contributed by atoms with van der Waals surface area (Å²) in [6, 6.07) is -1.16. The van der Waals surface area contributed by atoms with E-state index in [4.69, 9.17) is 0 Å². The Morgan fingerprint density at radius 1 is 1.33 bits per heavy atom. The molecule has 6 nitrogen and oxygen atoms in total. The van der Waals surface area contributed by atoms with Crippen LogP contribution in [0.1, 0.15) is 26.2 Å². The van der Waals surface area contributed by atoms with Gasteiger partial charge in [-0.1, -0.05) is 6.92 Å². The van der Waals surface area contributed by atoms with Crippen LogP contribution in [0.3, 0.4) is 0 Å². The number of amides is 1. The molecular weight excluding hydrogens is 236 g/mol. The van der Waals surface area contributed by atoms with Crippen LogP contribution >= 0.6 is 0 Å². The van der Waals surface area contributed by atoms with Gasteiger partial charge in [0.05, 0.1) is 12.1 Å². The Morgan fingerprint density at radius 2 is 2.06 bits per heavy atom. The second-order valence-electron chi connectivity index (χ2n) is 5.37. The number of piperidine rings is 1. The molecule has 2 fully saturated rings. The number of likely N-dealkylation sites (tertiary alicyclic amines) is 1. The Kier molecular flexibility index (Phi) is 3.87. The molecule has 0 aromatic heterocycles. The van der Waals surface area contributed by atoms with Gasteiger partial charge in [0.25, 0.3) is 0 Å². The summed E-state index contributed by atoms with van der Waals surface area (Å²) in [6.45, 7) is 2.90. The van der Waals surface area contributed by atoms with Gasteiger partial charge in [0.1, 0.15) is 6.04 Å². The van der Waals surface area contributed by atoms with Gasteiger partial charge in [-0.3, -0.25) is 4.79 Å². The van der Waals surface area contributed by atoms with Crippen molar-refractivity contribution in [1.29, 1.82) is 0 Å². The van der Waals surface area contributed by atoms with E-state index in [-0.39, 0.29) is 5.91 Å². The summed E-state index contributed by atoms with van der Waals surface area (Å²) in [5.41, 5.74) is 0. The molecule has 1 amide bonds. The molecule has 0 aromatic carbocycles. The minimum atomic E-state index is -0.937. The number of nitrogens with one attached hydrogen (secondary N) is 1. The number of aliphatic hydroxyl groups is 1. The van der Waals surface area contributed by atoms with Crippen molar-refractivity contribution in [2.75, 3.05) is 13.1 Å². The van der Waals surface area contributed by atoms with Crippen LogP contribution in [0.5, 0.6) is 0 Å². The van der Waals surface area contributed by atoms with E-state index < -0.39 is 24.2 Å². The average molecular weight is 256 g/mol. The number of nitrogens with zero attached hydrogens (tertiary/aromatic N) is 1. The maximum Gasteiger partial charge on any atom is 0.326 e. The number of carboxylic acid groups (broad SMARTS) is 1. The first-order valence-electron chi connectivity index (χ1n) is 6.43. The van der Waals surface area contributed by atoms with Gasteiger partial charge >= 0.3 is 5.97 Å². The van der Waals surface area contributed by atoms with Crippen LogP contribution in [-0.2, 0) is 9.59 Å². The fraction of sp³-hybridized carbons (Fsp3) is 0.833. The summed E-state index contributed by atoms with van der Waals surface area (Å²) in [7, 11) is 0. The van der Waals surface area contributed by atoms with E-state index in [0.29, 0.717) is 31.8 Å². The Hall–Kier alpha value is -1.14. The highest BCUT2D eigenvalue weighted by Gasteiger charge is 2.39. The molecular formula is C12H20N2O4. The number of carbonyl (C=O) groups excluding carboxylic acids is 1. The predicted molar refractivity (Wildman–Crippen MR) is 63.9 cm³/mol. The first kappa shape index (κ1) is 13.3. The van der Waals surface area contributed by atoms with E-state index in [2.05, 4.69) is 5.32 Å². The Bertz CT molecular complexity index is 347. The number of aliphatic carboxylic acids is 1. The smallest absolute Gasteiger partial charge is 0.326 e. The van der Waals surface area contributed by atoms with E-state index in [9.17, 15) is 19.8 Å². The second-order valence-corrected chi connectivity index (χ2v) is 5.37. The van der Waals surface area contributed by atoms with Crippen LogP contribution in [0.4, 0.5) is 0 Å². The number of carboxylic acids is 1. The van der Waals surface area contributed by atoms with Crippen molar-refractivity contribution < 1.29 is 19.8 Å². The first-order valence-corrected chi connectivity index (χ1v) is 6.43. The zero-order chi connectivity index (χ0) is 13.3. The minimum absolute atomic E-state index is 0.189. The van der Waals surface area contributed by atoms with Crippen molar-refractivity contribution >= 4 is 11.9 Å². The molecule has 102 valence electrons. The topological polar surface area (TPSA) is 89.9 Å². The lowest BCUT2D eigenvalue weighted by Gasteiger charge is -2.37. The fourth-order valence-corrected chi connectivity index (χ4v) is 2.74. The van der Waals surface area contributed by atoms with Gasteiger partial charge < -0.3 is 20.4 Å². The molecule has 0 bridgehead atoms. The lowest BCUT2D eigenvalue weighted by atomic mass is 9.91. The molecule has 2 aliphatic rings. The van der Waals surface area contributed by atoms with E-state index in [1.54, 1.807) is 0 Å². The highest BCUT2D eigenvalue weighted by atomic mass is 16.4. The molecule has 0 saturated carbocycles. The van der Waals surface area contributed by atoms with Gasteiger partial charge in [-0.2, -0.15) is 0 Å². The molecule has 0 radical (unpaired) electrons. The Labute approximate surface area is 106 Å². The van der Waals surface area contributed by atoms with Crippen molar-refractivity contribution in [3.8, 4) is 0 Å². The van der Waals surface area contributed by atoms with Crippen molar-refractivity contribution in [3.05, 3.63) is 0 Å². The summed E-state index contributed by atoms with van der Waals surface area (Å²) in [5.74, 6) is -0.795. The zero-order valence-corrected chi connectivity index (χ0v) is 10.5. The molecule has 0 spiro atoms. The fourth-order valence-electron chi connectivity index (χ4n) is 2.74. The SMILES string of the molecule is CC1CCN(C(=O)C2CC(O)CN2)C(C(=O)O)C1. The largest absolute Gasteiger partial charge is 0.480 e.